The summed E-state index contributed by atoms with van der Waals surface area (Å²) in [7, 11) is 0. The van der Waals surface area contributed by atoms with E-state index in [1.807, 2.05) is 6.26 Å². The van der Waals surface area contributed by atoms with Crippen LogP contribution in [0.4, 0.5) is 5.82 Å². The van der Waals surface area contributed by atoms with Gasteiger partial charge in [0.1, 0.15) is 5.82 Å². The molecule has 7 heteroatoms. The molecule has 1 fully saturated rings. The predicted octanol–water partition coefficient (Wildman–Crippen LogP) is 0.718. The number of hydrogen-bond donors (Lipinski definition) is 2. The molecule has 1 aliphatic rings. The molecule has 0 saturated carbocycles. The maximum absolute atomic E-state index is 11.0. The monoisotopic (exact) mass is 295 g/mol. The Kier molecular flexibility index (Phi) is 6.23. The fourth-order valence-corrected chi connectivity index (χ4v) is 2.49. The first-order valence-electron chi connectivity index (χ1n) is 6.86. The Hall–Kier alpha value is -1.18. The van der Waals surface area contributed by atoms with E-state index in [9.17, 15) is 4.79 Å². The molecule has 2 N–H and O–H groups in total. The average molecular weight is 295 g/mol. The summed E-state index contributed by atoms with van der Waals surface area (Å²) in [5, 5.41) is 7.26. The van der Waals surface area contributed by atoms with E-state index in [2.05, 4.69) is 25.5 Å². The third kappa shape index (κ3) is 4.43. The van der Waals surface area contributed by atoms with Crippen LogP contribution in [0.25, 0.3) is 0 Å². The lowest BCUT2D eigenvalue weighted by atomic mass is 10.3. The lowest BCUT2D eigenvalue weighted by Gasteiger charge is -2.27. The molecule has 1 aliphatic heterocycles. The van der Waals surface area contributed by atoms with Crippen LogP contribution in [0, 0.1) is 0 Å². The Morgan fingerprint density at radius 2 is 2.30 bits per heavy atom. The van der Waals surface area contributed by atoms with Crippen LogP contribution in [0.3, 0.4) is 0 Å². The van der Waals surface area contributed by atoms with Gasteiger partial charge in [-0.05, 0) is 19.2 Å². The first-order valence-corrected chi connectivity index (χ1v) is 8.09. The predicted molar refractivity (Wildman–Crippen MR) is 81.6 cm³/mol. The van der Waals surface area contributed by atoms with E-state index in [0.29, 0.717) is 16.5 Å². The Bertz CT molecular complexity index is 437. The molecule has 0 aromatic carbocycles. The lowest BCUT2D eigenvalue weighted by molar-refractivity contribution is 0.112. The van der Waals surface area contributed by atoms with Crippen molar-refractivity contribution >= 4 is 23.9 Å². The molecule has 20 heavy (non-hydrogen) atoms. The molecule has 0 amide bonds. The summed E-state index contributed by atoms with van der Waals surface area (Å²) < 4.78 is 0. The van der Waals surface area contributed by atoms with Gasteiger partial charge in [0.25, 0.3) is 0 Å². The standard InChI is InChI=1S/C13H21N5OS/c1-20-13-16-9-11(10-19)12(17-13)15-3-2-6-18-7-4-14-5-8-18/h9-10,14H,2-8H2,1H3,(H,15,16,17). The van der Waals surface area contributed by atoms with Crippen molar-refractivity contribution < 1.29 is 4.79 Å². The molecule has 110 valence electrons. The van der Waals surface area contributed by atoms with Gasteiger partial charge >= 0.3 is 0 Å². The fraction of sp³-hybridized carbons (Fsp3) is 0.615. The van der Waals surface area contributed by atoms with E-state index >= 15 is 0 Å². The molecule has 0 radical (unpaired) electrons. The van der Waals surface area contributed by atoms with Crippen LogP contribution in [0.15, 0.2) is 11.4 Å². The Morgan fingerprint density at radius 3 is 3.00 bits per heavy atom. The van der Waals surface area contributed by atoms with E-state index in [1.54, 1.807) is 6.20 Å². The second kappa shape index (κ2) is 8.18. The fourth-order valence-electron chi connectivity index (χ4n) is 2.15. The SMILES string of the molecule is CSc1ncc(C=O)c(NCCCN2CCNCC2)n1. The molecular weight excluding hydrogens is 274 g/mol. The Labute approximate surface area is 123 Å². The van der Waals surface area contributed by atoms with Gasteiger partial charge in [-0.1, -0.05) is 11.8 Å². The summed E-state index contributed by atoms with van der Waals surface area (Å²) in [6.07, 6.45) is 5.33. The van der Waals surface area contributed by atoms with Gasteiger partial charge in [0.05, 0.1) is 5.56 Å². The van der Waals surface area contributed by atoms with Gasteiger partial charge in [-0.25, -0.2) is 9.97 Å². The van der Waals surface area contributed by atoms with E-state index in [-0.39, 0.29) is 0 Å². The van der Waals surface area contributed by atoms with E-state index < -0.39 is 0 Å². The highest BCUT2D eigenvalue weighted by atomic mass is 32.2. The van der Waals surface area contributed by atoms with Crippen LogP contribution in [-0.2, 0) is 0 Å². The largest absolute Gasteiger partial charge is 0.369 e. The number of piperazine rings is 1. The zero-order valence-electron chi connectivity index (χ0n) is 11.8. The summed E-state index contributed by atoms with van der Waals surface area (Å²) in [5.41, 5.74) is 0.518. The van der Waals surface area contributed by atoms with Gasteiger partial charge < -0.3 is 15.5 Å². The van der Waals surface area contributed by atoms with Crippen molar-refractivity contribution in [3.63, 3.8) is 0 Å². The van der Waals surface area contributed by atoms with Crippen molar-refractivity contribution in [3.05, 3.63) is 11.8 Å². The number of carbonyl (C=O) groups excluding carboxylic acids is 1. The molecule has 1 aromatic rings. The van der Waals surface area contributed by atoms with Crippen LogP contribution >= 0.6 is 11.8 Å². The topological polar surface area (TPSA) is 70.2 Å². The quantitative estimate of drug-likeness (QED) is 0.332. The number of thioether (sulfide) groups is 1. The van der Waals surface area contributed by atoms with Crippen molar-refractivity contribution in [2.75, 3.05) is 50.8 Å². The minimum absolute atomic E-state index is 0.518. The van der Waals surface area contributed by atoms with Crippen molar-refractivity contribution in [2.45, 2.75) is 11.6 Å². The highest BCUT2D eigenvalue weighted by Crippen LogP contribution is 2.14. The molecule has 1 saturated heterocycles. The smallest absolute Gasteiger partial charge is 0.189 e. The number of nitrogens with one attached hydrogen (secondary N) is 2. The minimum Gasteiger partial charge on any atom is -0.369 e. The Balaban J connectivity index is 1.79. The van der Waals surface area contributed by atoms with Gasteiger partial charge in [-0.15, -0.1) is 0 Å². The summed E-state index contributed by atoms with van der Waals surface area (Å²) >= 11 is 1.47. The molecule has 0 atom stereocenters. The van der Waals surface area contributed by atoms with Crippen molar-refractivity contribution in [3.8, 4) is 0 Å². The van der Waals surface area contributed by atoms with Crippen molar-refractivity contribution in [1.82, 2.24) is 20.2 Å². The number of nitrogens with zero attached hydrogens (tertiary/aromatic N) is 3. The van der Waals surface area contributed by atoms with E-state index in [1.165, 1.54) is 11.8 Å². The van der Waals surface area contributed by atoms with E-state index in [0.717, 1.165) is 52.0 Å². The summed E-state index contributed by atoms with van der Waals surface area (Å²) in [6, 6.07) is 0. The summed E-state index contributed by atoms with van der Waals surface area (Å²) in [6.45, 7) is 6.27. The third-order valence-electron chi connectivity index (χ3n) is 3.26. The molecule has 0 unspecified atom stereocenters. The zero-order chi connectivity index (χ0) is 14.2. The third-order valence-corrected chi connectivity index (χ3v) is 3.82. The molecule has 1 aromatic heterocycles. The first-order chi connectivity index (χ1) is 9.83. The normalized spacial score (nSPS) is 16.1. The van der Waals surface area contributed by atoms with Gasteiger partial charge in [0.2, 0.25) is 0 Å². The molecule has 0 aliphatic carbocycles. The van der Waals surface area contributed by atoms with Gasteiger partial charge in [-0.3, -0.25) is 4.79 Å². The average Bonchev–Trinajstić information content (AvgIpc) is 2.52. The number of aromatic nitrogens is 2. The number of aldehydes is 1. The molecule has 2 heterocycles. The van der Waals surface area contributed by atoms with Crippen LogP contribution in [0.1, 0.15) is 16.8 Å². The number of anilines is 1. The van der Waals surface area contributed by atoms with Crippen LogP contribution in [0.5, 0.6) is 0 Å². The molecule has 6 nitrogen and oxygen atoms in total. The molecule has 0 spiro atoms. The van der Waals surface area contributed by atoms with Crippen molar-refractivity contribution in [2.24, 2.45) is 0 Å². The number of hydrogen-bond acceptors (Lipinski definition) is 7. The minimum atomic E-state index is 0.518. The van der Waals surface area contributed by atoms with Gasteiger partial charge in [-0.2, -0.15) is 0 Å². The van der Waals surface area contributed by atoms with Crippen molar-refractivity contribution in [1.29, 1.82) is 0 Å². The molecule has 0 bridgehead atoms. The highest BCUT2D eigenvalue weighted by Gasteiger charge is 2.09. The van der Waals surface area contributed by atoms with Gasteiger partial charge in [0.15, 0.2) is 11.4 Å². The second-order valence-corrected chi connectivity index (χ2v) is 5.42. The van der Waals surface area contributed by atoms with Crippen LogP contribution in [-0.4, -0.2) is 66.7 Å². The van der Waals surface area contributed by atoms with E-state index in [4.69, 9.17) is 0 Å². The number of rotatable bonds is 7. The lowest BCUT2D eigenvalue weighted by Crippen LogP contribution is -2.44. The maximum Gasteiger partial charge on any atom is 0.189 e. The molecule has 2 rings (SSSR count). The van der Waals surface area contributed by atoms with Crippen LogP contribution < -0.4 is 10.6 Å². The highest BCUT2D eigenvalue weighted by molar-refractivity contribution is 7.98. The maximum atomic E-state index is 11.0. The zero-order valence-corrected chi connectivity index (χ0v) is 12.6. The van der Waals surface area contributed by atoms with Gasteiger partial charge in [0, 0.05) is 38.9 Å². The molecular formula is C13H21N5OS. The first kappa shape index (κ1) is 15.2. The number of carbonyl (C=O) groups is 1. The second-order valence-electron chi connectivity index (χ2n) is 4.65. The van der Waals surface area contributed by atoms with Crippen LogP contribution in [0.2, 0.25) is 0 Å². The Morgan fingerprint density at radius 1 is 1.50 bits per heavy atom. The summed E-state index contributed by atoms with van der Waals surface area (Å²) in [5.74, 6) is 0.639. The summed E-state index contributed by atoms with van der Waals surface area (Å²) in [4.78, 5) is 21.8.